The van der Waals surface area contributed by atoms with Crippen LogP contribution in [0, 0.1) is 11.3 Å². The summed E-state index contributed by atoms with van der Waals surface area (Å²) >= 11 is 6.79. The number of nitrogens with one attached hydrogen (secondary N) is 1. The molecule has 0 aliphatic rings. The van der Waals surface area contributed by atoms with Crippen LogP contribution >= 0.6 is 31.9 Å². The van der Waals surface area contributed by atoms with Gasteiger partial charge in [0, 0.05) is 10.2 Å². The molecule has 0 atom stereocenters. The third-order valence-corrected chi connectivity index (χ3v) is 4.57. The molecule has 2 rings (SSSR count). The average Bonchev–Trinajstić information content (AvgIpc) is 2.67. The van der Waals surface area contributed by atoms with Gasteiger partial charge in [0.1, 0.15) is 18.2 Å². The number of ether oxygens (including phenoxy) is 2. The standard InChI is InChI=1S/C21H18Br2N2O3/c1-3-9-28-20-18(23)11-14(12-19(20)27-4-2)10-15(13-24)21(26)25-17-7-5-16(22)6-8-17/h3,5-8,10-12H,1,4,9H2,2H3,(H,25,26)/b15-10+. The summed E-state index contributed by atoms with van der Waals surface area (Å²) < 4.78 is 12.8. The van der Waals surface area contributed by atoms with E-state index in [1.54, 1.807) is 42.5 Å². The minimum atomic E-state index is -0.495. The Kier molecular flexibility index (Phi) is 8.30. The average molecular weight is 506 g/mol. The molecule has 0 heterocycles. The number of anilines is 1. The monoisotopic (exact) mass is 504 g/mol. The molecular weight excluding hydrogens is 488 g/mol. The second-order valence-electron chi connectivity index (χ2n) is 5.49. The third-order valence-electron chi connectivity index (χ3n) is 3.46. The lowest BCUT2D eigenvalue weighted by molar-refractivity contribution is -0.112. The van der Waals surface area contributed by atoms with Gasteiger partial charge in [-0.2, -0.15) is 5.26 Å². The zero-order valence-corrected chi connectivity index (χ0v) is 18.3. The van der Waals surface area contributed by atoms with Crippen LogP contribution in [-0.4, -0.2) is 19.1 Å². The lowest BCUT2D eigenvalue weighted by atomic mass is 10.1. The van der Waals surface area contributed by atoms with Crippen molar-refractivity contribution in [1.29, 1.82) is 5.26 Å². The molecule has 2 aromatic carbocycles. The molecule has 0 spiro atoms. The van der Waals surface area contributed by atoms with E-state index in [0.29, 0.717) is 40.4 Å². The quantitative estimate of drug-likeness (QED) is 0.283. The summed E-state index contributed by atoms with van der Waals surface area (Å²) in [6.07, 6.45) is 3.13. The smallest absolute Gasteiger partial charge is 0.266 e. The Morgan fingerprint density at radius 1 is 1.25 bits per heavy atom. The minimum Gasteiger partial charge on any atom is -0.490 e. The van der Waals surface area contributed by atoms with Crippen LogP contribution in [0.1, 0.15) is 12.5 Å². The first-order valence-corrected chi connectivity index (χ1v) is 9.95. The topological polar surface area (TPSA) is 71.3 Å². The van der Waals surface area contributed by atoms with Gasteiger partial charge in [0.15, 0.2) is 11.5 Å². The van der Waals surface area contributed by atoms with Crippen molar-refractivity contribution in [1.82, 2.24) is 0 Å². The number of nitriles is 1. The first kappa shape index (κ1) is 21.7. The highest BCUT2D eigenvalue weighted by atomic mass is 79.9. The SMILES string of the molecule is C=CCOc1c(Br)cc(/C=C(\C#N)C(=O)Nc2ccc(Br)cc2)cc1OCC. The molecule has 0 saturated heterocycles. The molecule has 0 aromatic heterocycles. The van der Waals surface area contributed by atoms with Gasteiger partial charge < -0.3 is 14.8 Å². The van der Waals surface area contributed by atoms with E-state index in [4.69, 9.17) is 9.47 Å². The van der Waals surface area contributed by atoms with Gasteiger partial charge in [-0.15, -0.1) is 0 Å². The summed E-state index contributed by atoms with van der Waals surface area (Å²) in [6, 6.07) is 12.5. The molecule has 5 nitrogen and oxygen atoms in total. The molecule has 0 saturated carbocycles. The number of benzene rings is 2. The highest BCUT2D eigenvalue weighted by molar-refractivity contribution is 9.10. The maximum Gasteiger partial charge on any atom is 0.266 e. The Balaban J connectivity index is 2.31. The Morgan fingerprint density at radius 3 is 2.57 bits per heavy atom. The normalized spacial score (nSPS) is 10.7. The summed E-state index contributed by atoms with van der Waals surface area (Å²) in [4.78, 5) is 12.4. The Morgan fingerprint density at radius 2 is 1.96 bits per heavy atom. The number of carbonyl (C=O) groups is 1. The summed E-state index contributed by atoms with van der Waals surface area (Å²) in [5.41, 5.74) is 1.19. The maximum absolute atomic E-state index is 12.4. The largest absolute Gasteiger partial charge is 0.490 e. The molecule has 0 aliphatic carbocycles. The van der Waals surface area contributed by atoms with E-state index in [-0.39, 0.29) is 5.57 Å². The summed E-state index contributed by atoms with van der Waals surface area (Å²) in [6.45, 7) is 6.27. The van der Waals surface area contributed by atoms with Crippen molar-refractivity contribution in [3.8, 4) is 17.6 Å². The van der Waals surface area contributed by atoms with Crippen molar-refractivity contribution in [3.05, 3.63) is 69.1 Å². The Labute approximate surface area is 180 Å². The molecule has 0 fully saturated rings. The van der Waals surface area contributed by atoms with Crippen LogP contribution < -0.4 is 14.8 Å². The molecule has 0 unspecified atom stereocenters. The minimum absolute atomic E-state index is 0.0305. The van der Waals surface area contributed by atoms with Gasteiger partial charge in [-0.1, -0.05) is 28.6 Å². The van der Waals surface area contributed by atoms with Gasteiger partial charge in [0.2, 0.25) is 0 Å². The molecule has 144 valence electrons. The highest BCUT2D eigenvalue weighted by Crippen LogP contribution is 2.37. The van der Waals surface area contributed by atoms with Crippen molar-refractivity contribution in [3.63, 3.8) is 0 Å². The lowest BCUT2D eigenvalue weighted by Gasteiger charge is -2.14. The van der Waals surface area contributed by atoms with E-state index >= 15 is 0 Å². The number of rotatable bonds is 8. The number of hydrogen-bond acceptors (Lipinski definition) is 4. The van der Waals surface area contributed by atoms with Gasteiger partial charge in [-0.05, 0) is 70.9 Å². The molecule has 7 heteroatoms. The summed E-state index contributed by atoms with van der Waals surface area (Å²) in [5, 5.41) is 12.1. The van der Waals surface area contributed by atoms with Crippen molar-refractivity contribution < 1.29 is 14.3 Å². The predicted molar refractivity (Wildman–Crippen MR) is 117 cm³/mol. The van der Waals surface area contributed by atoms with Gasteiger partial charge in [-0.3, -0.25) is 4.79 Å². The van der Waals surface area contributed by atoms with Gasteiger partial charge in [0.25, 0.3) is 5.91 Å². The molecule has 2 aromatic rings. The second-order valence-corrected chi connectivity index (χ2v) is 7.26. The molecule has 1 amide bonds. The molecule has 0 aliphatic heterocycles. The van der Waals surface area contributed by atoms with E-state index in [1.807, 2.05) is 13.0 Å². The zero-order valence-electron chi connectivity index (χ0n) is 15.2. The summed E-state index contributed by atoms with van der Waals surface area (Å²) in [5.74, 6) is 0.554. The number of hydrogen-bond donors (Lipinski definition) is 1. The molecule has 1 N–H and O–H groups in total. The van der Waals surface area contributed by atoms with Crippen molar-refractivity contribution in [2.75, 3.05) is 18.5 Å². The van der Waals surface area contributed by atoms with Crippen LogP contribution in [0.5, 0.6) is 11.5 Å². The van der Waals surface area contributed by atoms with E-state index in [1.165, 1.54) is 6.08 Å². The molecular formula is C21H18Br2N2O3. The number of nitrogens with zero attached hydrogens (tertiary/aromatic N) is 1. The van der Waals surface area contributed by atoms with Gasteiger partial charge >= 0.3 is 0 Å². The number of amides is 1. The van der Waals surface area contributed by atoms with Crippen molar-refractivity contribution in [2.24, 2.45) is 0 Å². The van der Waals surface area contributed by atoms with Crippen molar-refractivity contribution in [2.45, 2.75) is 6.92 Å². The van der Waals surface area contributed by atoms with E-state index in [9.17, 15) is 10.1 Å². The van der Waals surface area contributed by atoms with Crippen LogP contribution in [0.2, 0.25) is 0 Å². The van der Waals surface area contributed by atoms with Crippen LogP contribution in [0.3, 0.4) is 0 Å². The second kappa shape index (κ2) is 10.7. The molecule has 0 bridgehead atoms. The third kappa shape index (κ3) is 5.98. The van der Waals surface area contributed by atoms with Crippen molar-refractivity contribution >= 4 is 49.5 Å². The van der Waals surface area contributed by atoms with Crippen LogP contribution in [-0.2, 0) is 4.79 Å². The van der Waals surface area contributed by atoms with Crippen LogP contribution in [0.15, 0.2) is 63.6 Å². The van der Waals surface area contributed by atoms with Gasteiger partial charge in [-0.25, -0.2) is 0 Å². The number of halogens is 2. The Hall–Kier alpha value is -2.56. The maximum atomic E-state index is 12.4. The van der Waals surface area contributed by atoms with Gasteiger partial charge in [0.05, 0.1) is 11.1 Å². The van der Waals surface area contributed by atoms with E-state index in [0.717, 1.165) is 4.47 Å². The Bertz CT molecular complexity index is 932. The zero-order chi connectivity index (χ0) is 20.5. The highest BCUT2D eigenvalue weighted by Gasteiger charge is 2.14. The lowest BCUT2D eigenvalue weighted by Crippen LogP contribution is -2.13. The van der Waals surface area contributed by atoms with Crippen LogP contribution in [0.4, 0.5) is 5.69 Å². The summed E-state index contributed by atoms with van der Waals surface area (Å²) in [7, 11) is 0. The molecule has 28 heavy (non-hydrogen) atoms. The van der Waals surface area contributed by atoms with Crippen LogP contribution in [0.25, 0.3) is 6.08 Å². The fourth-order valence-electron chi connectivity index (χ4n) is 2.26. The predicted octanol–water partition coefficient (Wildman–Crippen LogP) is 5.72. The van der Waals surface area contributed by atoms with E-state index in [2.05, 4.69) is 43.8 Å². The fourth-order valence-corrected chi connectivity index (χ4v) is 3.10. The van der Waals surface area contributed by atoms with E-state index < -0.39 is 5.91 Å². The first-order valence-electron chi connectivity index (χ1n) is 8.37. The fraction of sp³-hybridized carbons (Fsp3) is 0.143. The first-order chi connectivity index (χ1) is 13.5. The number of carbonyl (C=O) groups excluding carboxylic acids is 1. The molecule has 0 radical (unpaired) electrons.